The number of ether oxygens (including phenoxy) is 1. The molecule has 3 aromatic rings. The number of hydrogen-bond donors (Lipinski definition) is 2. The molecule has 4 rings (SSSR count). The van der Waals surface area contributed by atoms with Crippen LogP contribution in [0.1, 0.15) is 16.8 Å². The molecule has 1 aliphatic heterocycles. The Hall–Kier alpha value is -3.22. The van der Waals surface area contributed by atoms with Crippen LogP contribution < -0.4 is 19.6 Å². The molecular weight excluding hydrogens is 487 g/mol. The molecule has 0 radical (unpaired) electrons. The molecule has 0 fully saturated rings. The molecule has 0 unspecified atom stereocenters. The highest BCUT2D eigenvalue weighted by Crippen LogP contribution is 2.34. The molecule has 0 saturated carbocycles. The monoisotopic (exact) mass is 508 g/mol. The van der Waals surface area contributed by atoms with Gasteiger partial charge in [-0.1, -0.05) is 15.5 Å². The zero-order valence-electron chi connectivity index (χ0n) is 18.6. The van der Waals surface area contributed by atoms with E-state index in [1.165, 1.54) is 29.5 Å². The van der Waals surface area contributed by atoms with E-state index in [1.54, 1.807) is 14.0 Å². The summed E-state index contributed by atoms with van der Waals surface area (Å²) in [4.78, 5) is 14.9. The summed E-state index contributed by atoms with van der Waals surface area (Å²) in [5, 5.41) is 6.45. The number of fused-ring (bicyclic) bond motifs is 1. The highest BCUT2D eigenvalue weighted by atomic mass is 35.5. The molecule has 2 N–H and O–H groups in total. The minimum atomic E-state index is -5.17. The number of nitrogens with one attached hydrogen (secondary N) is 2. The van der Waals surface area contributed by atoms with Crippen molar-refractivity contribution in [3.05, 3.63) is 52.3 Å². The second-order valence-electron chi connectivity index (χ2n) is 7.71. The van der Waals surface area contributed by atoms with Gasteiger partial charge in [0.05, 0.1) is 30.4 Å². The van der Waals surface area contributed by atoms with Gasteiger partial charge >= 0.3 is 10.5 Å². The Morgan fingerprint density at radius 1 is 1.15 bits per heavy atom. The lowest BCUT2D eigenvalue weighted by Gasteiger charge is -2.26. The van der Waals surface area contributed by atoms with Crippen molar-refractivity contribution in [3.8, 4) is 11.6 Å². The first-order valence-corrected chi connectivity index (χ1v) is 11.9. The van der Waals surface area contributed by atoms with E-state index >= 15 is 0 Å². The van der Waals surface area contributed by atoms with Crippen LogP contribution in [-0.4, -0.2) is 49.0 Å². The van der Waals surface area contributed by atoms with Crippen LogP contribution in [-0.2, 0) is 23.5 Å². The van der Waals surface area contributed by atoms with Crippen molar-refractivity contribution >= 4 is 45.2 Å². The van der Waals surface area contributed by atoms with E-state index in [2.05, 4.69) is 41.7 Å². The third-order valence-corrected chi connectivity index (χ3v) is 5.86. The molecule has 0 bridgehead atoms. The average molecular weight is 509 g/mol. The number of likely N-dealkylation sites (N-methyl/N-ethyl adjacent to an activating group) is 1. The number of methoxy groups -OCH3 is 1. The SMILES string of the molecule is COc1cc2c(cc1Nc1ncc(Cl)c(Nc3ccc(OS(=O)(=O)F)nc3C)n1)CN(C)CC2. The van der Waals surface area contributed by atoms with Crippen LogP contribution in [0.25, 0.3) is 0 Å². The predicted octanol–water partition coefficient (Wildman–Crippen LogP) is 3.91. The van der Waals surface area contributed by atoms with Crippen molar-refractivity contribution in [1.29, 1.82) is 0 Å². The molecule has 2 aromatic heterocycles. The molecule has 0 aliphatic carbocycles. The Bertz CT molecular complexity index is 1340. The molecule has 0 spiro atoms. The molecule has 0 amide bonds. The number of halogens is 2. The van der Waals surface area contributed by atoms with Crippen molar-refractivity contribution < 1.29 is 21.2 Å². The number of aromatic nitrogens is 3. The van der Waals surface area contributed by atoms with Gasteiger partial charge in [0.25, 0.3) is 0 Å². The highest BCUT2D eigenvalue weighted by molar-refractivity contribution is 7.81. The van der Waals surface area contributed by atoms with E-state index < -0.39 is 16.4 Å². The smallest absolute Gasteiger partial charge is 0.490 e. The van der Waals surface area contributed by atoms with Crippen molar-refractivity contribution in [1.82, 2.24) is 19.9 Å². The van der Waals surface area contributed by atoms with E-state index in [0.29, 0.717) is 17.1 Å². The standard InChI is InChI=1S/C21H22ClFN6O4S/c1-12-16(4-5-19(25-12)33-34(23,30)31)26-20-15(22)10-24-21(28-20)27-17-8-14-11-29(2)7-6-13(14)9-18(17)32-3/h4-5,8-10H,6-7,11H2,1-3H3,(H2,24,26,27,28). The summed E-state index contributed by atoms with van der Waals surface area (Å²) in [6, 6.07) is 6.73. The van der Waals surface area contributed by atoms with Crippen molar-refractivity contribution in [2.75, 3.05) is 31.3 Å². The van der Waals surface area contributed by atoms with Gasteiger partial charge in [0.1, 0.15) is 10.8 Å². The highest BCUT2D eigenvalue weighted by Gasteiger charge is 2.18. The number of rotatable bonds is 7. The zero-order valence-corrected chi connectivity index (χ0v) is 20.2. The molecule has 0 saturated heterocycles. The van der Waals surface area contributed by atoms with Gasteiger partial charge in [0, 0.05) is 19.2 Å². The Kier molecular flexibility index (Phi) is 6.73. The fourth-order valence-electron chi connectivity index (χ4n) is 3.58. The van der Waals surface area contributed by atoms with Gasteiger partial charge in [-0.2, -0.15) is 13.4 Å². The molecule has 34 heavy (non-hydrogen) atoms. The van der Waals surface area contributed by atoms with Crippen LogP contribution in [0.2, 0.25) is 5.02 Å². The summed E-state index contributed by atoms with van der Waals surface area (Å²) < 4.78 is 43.8. The van der Waals surface area contributed by atoms with Crippen molar-refractivity contribution in [2.24, 2.45) is 0 Å². The normalized spacial score (nSPS) is 13.8. The lowest BCUT2D eigenvalue weighted by Crippen LogP contribution is -2.26. The maximum absolute atomic E-state index is 12.7. The molecule has 0 atom stereocenters. The third kappa shape index (κ3) is 5.64. The van der Waals surface area contributed by atoms with Crippen LogP contribution in [0.5, 0.6) is 11.6 Å². The summed E-state index contributed by atoms with van der Waals surface area (Å²) >= 11 is 6.27. The second kappa shape index (κ2) is 9.57. The van der Waals surface area contributed by atoms with Gasteiger partial charge in [0.15, 0.2) is 5.82 Å². The van der Waals surface area contributed by atoms with E-state index in [-0.39, 0.29) is 16.8 Å². The summed E-state index contributed by atoms with van der Waals surface area (Å²) in [6.07, 6.45) is 2.39. The maximum atomic E-state index is 12.7. The summed E-state index contributed by atoms with van der Waals surface area (Å²) in [5.74, 6) is 0.845. The third-order valence-electron chi connectivity index (χ3n) is 5.21. The lowest BCUT2D eigenvalue weighted by molar-refractivity contribution is 0.312. The lowest BCUT2D eigenvalue weighted by atomic mass is 9.99. The molecular formula is C21H22ClFN6O4S. The van der Waals surface area contributed by atoms with Gasteiger partial charge in [-0.15, -0.1) is 0 Å². The maximum Gasteiger partial charge on any atom is 0.490 e. The van der Waals surface area contributed by atoms with Crippen molar-refractivity contribution in [3.63, 3.8) is 0 Å². The molecule has 1 aromatic carbocycles. The first-order chi connectivity index (χ1) is 16.1. The predicted molar refractivity (Wildman–Crippen MR) is 126 cm³/mol. The van der Waals surface area contributed by atoms with Crippen molar-refractivity contribution in [2.45, 2.75) is 19.9 Å². The summed E-state index contributed by atoms with van der Waals surface area (Å²) in [6.45, 7) is 3.41. The second-order valence-corrected chi connectivity index (χ2v) is 9.07. The molecule has 13 heteroatoms. The van der Waals surface area contributed by atoms with E-state index in [0.717, 1.165) is 25.2 Å². The Morgan fingerprint density at radius 3 is 2.65 bits per heavy atom. The molecule has 3 heterocycles. The first-order valence-electron chi connectivity index (χ1n) is 10.2. The van der Waals surface area contributed by atoms with Gasteiger partial charge < -0.3 is 24.5 Å². The van der Waals surface area contributed by atoms with Crippen LogP contribution in [0.3, 0.4) is 0 Å². The topological polar surface area (TPSA) is 119 Å². The molecule has 10 nitrogen and oxygen atoms in total. The number of aryl methyl sites for hydroxylation is 1. The average Bonchev–Trinajstić information content (AvgIpc) is 2.76. The van der Waals surface area contributed by atoms with Gasteiger partial charge in [-0.25, -0.2) is 9.97 Å². The minimum absolute atomic E-state index is 0.246. The number of benzene rings is 1. The summed E-state index contributed by atoms with van der Waals surface area (Å²) in [7, 11) is -1.49. The Labute approximate surface area is 201 Å². The molecule has 180 valence electrons. The number of nitrogens with zero attached hydrogens (tertiary/aromatic N) is 4. The fourth-order valence-corrected chi connectivity index (χ4v) is 4.01. The van der Waals surface area contributed by atoms with Crippen LogP contribution in [0.4, 0.5) is 27.0 Å². The summed E-state index contributed by atoms with van der Waals surface area (Å²) in [5.41, 5.74) is 3.96. The quantitative estimate of drug-likeness (QED) is 0.454. The largest absolute Gasteiger partial charge is 0.495 e. The first kappa shape index (κ1) is 23.9. The van der Waals surface area contributed by atoms with E-state index in [4.69, 9.17) is 16.3 Å². The van der Waals surface area contributed by atoms with Gasteiger partial charge in [0.2, 0.25) is 11.8 Å². The van der Waals surface area contributed by atoms with E-state index in [1.807, 2.05) is 12.1 Å². The minimum Gasteiger partial charge on any atom is -0.495 e. The number of anilines is 4. The van der Waals surface area contributed by atoms with Crippen LogP contribution in [0.15, 0.2) is 30.5 Å². The number of hydrogen-bond acceptors (Lipinski definition) is 10. The van der Waals surface area contributed by atoms with Crippen LogP contribution in [0, 0.1) is 6.92 Å². The molecule has 1 aliphatic rings. The van der Waals surface area contributed by atoms with Crippen LogP contribution >= 0.6 is 11.6 Å². The Balaban J connectivity index is 1.58. The number of pyridine rings is 1. The Morgan fingerprint density at radius 2 is 1.94 bits per heavy atom. The van der Waals surface area contributed by atoms with Gasteiger partial charge in [-0.05, 0) is 49.7 Å². The van der Waals surface area contributed by atoms with Gasteiger partial charge in [-0.3, -0.25) is 0 Å². The van der Waals surface area contributed by atoms with E-state index in [9.17, 15) is 12.3 Å². The fraction of sp³-hybridized carbons (Fsp3) is 0.286. The zero-order chi connectivity index (χ0) is 24.5.